The highest BCUT2D eigenvalue weighted by atomic mass is 79.9. The van der Waals surface area contributed by atoms with Gasteiger partial charge in [-0.25, -0.2) is 5.43 Å². The molecule has 6 nitrogen and oxygen atoms in total. The number of carbonyl (C=O) groups excluding carboxylic acids is 1. The van der Waals surface area contributed by atoms with Gasteiger partial charge in [-0.05, 0) is 24.3 Å². The molecule has 0 aliphatic rings. The number of methoxy groups -OCH3 is 1. The molecular weight excluding hydrogens is 386 g/mol. The zero-order chi connectivity index (χ0) is 17.6. The molecule has 25 heavy (non-hydrogen) atoms. The maximum absolute atomic E-state index is 11.9. The molecular formula is C18H16BrN3O3. The zero-order valence-electron chi connectivity index (χ0n) is 13.5. The third-order valence-corrected chi connectivity index (χ3v) is 3.99. The van der Waals surface area contributed by atoms with E-state index in [2.05, 4.69) is 31.4 Å². The fourth-order valence-corrected chi connectivity index (χ4v) is 2.65. The third kappa shape index (κ3) is 4.19. The van der Waals surface area contributed by atoms with Crippen molar-refractivity contribution >= 4 is 39.0 Å². The van der Waals surface area contributed by atoms with E-state index >= 15 is 0 Å². The third-order valence-electron chi connectivity index (χ3n) is 3.50. The lowest BCUT2D eigenvalue weighted by Crippen LogP contribution is -2.24. The normalized spacial score (nSPS) is 11.0. The van der Waals surface area contributed by atoms with Gasteiger partial charge in [-0.1, -0.05) is 34.1 Å². The van der Waals surface area contributed by atoms with Crippen LogP contribution in [0.2, 0.25) is 0 Å². The number of hydrazone groups is 1. The average molecular weight is 402 g/mol. The van der Waals surface area contributed by atoms with E-state index < -0.39 is 0 Å². The van der Waals surface area contributed by atoms with Crippen molar-refractivity contribution in [3.63, 3.8) is 0 Å². The number of nitrogens with zero attached hydrogens (tertiary/aromatic N) is 1. The summed E-state index contributed by atoms with van der Waals surface area (Å²) in [7, 11) is 1.54. The second kappa shape index (κ2) is 7.85. The summed E-state index contributed by atoms with van der Waals surface area (Å²) in [6.45, 7) is -0.163. The van der Waals surface area contributed by atoms with Gasteiger partial charge in [0, 0.05) is 27.1 Å². The maximum atomic E-state index is 11.9. The van der Waals surface area contributed by atoms with Crippen molar-refractivity contribution < 1.29 is 14.3 Å². The van der Waals surface area contributed by atoms with Gasteiger partial charge in [0.05, 0.1) is 13.3 Å². The van der Waals surface area contributed by atoms with Crippen LogP contribution in [0.25, 0.3) is 10.9 Å². The molecule has 1 aromatic heterocycles. The van der Waals surface area contributed by atoms with Crippen LogP contribution in [0.1, 0.15) is 5.56 Å². The van der Waals surface area contributed by atoms with E-state index in [1.54, 1.807) is 25.5 Å². The van der Waals surface area contributed by atoms with Crippen LogP contribution >= 0.6 is 15.9 Å². The summed E-state index contributed by atoms with van der Waals surface area (Å²) in [5.74, 6) is 0.673. The van der Waals surface area contributed by atoms with E-state index in [0.29, 0.717) is 11.5 Å². The van der Waals surface area contributed by atoms with Crippen molar-refractivity contribution in [3.05, 3.63) is 58.7 Å². The molecule has 1 heterocycles. The lowest BCUT2D eigenvalue weighted by Gasteiger charge is -2.09. The number of fused-ring (bicyclic) bond motifs is 1. The average Bonchev–Trinajstić information content (AvgIpc) is 3.04. The van der Waals surface area contributed by atoms with Gasteiger partial charge < -0.3 is 14.5 Å². The molecule has 0 aliphatic heterocycles. The Labute approximate surface area is 153 Å². The van der Waals surface area contributed by atoms with Crippen molar-refractivity contribution in [1.82, 2.24) is 10.4 Å². The molecule has 128 valence electrons. The Morgan fingerprint density at radius 3 is 2.96 bits per heavy atom. The summed E-state index contributed by atoms with van der Waals surface area (Å²) in [5, 5.41) is 5.01. The van der Waals surface area contributed by atoms with E-state index in [0.717, 1.165) is 20.9 Å². The van der Waals surface area contributed by atoms with E-state index in [9.17, 15) is 4.79 Å². The van der Waals surface area contributed by atoms with Gasteiger partial charge in [0.2, 0.25) is 0 Å². The highest BCUT2D eigenvalue weighted by molar-refractivity contribution is 9.10. The molecule has 3 aromatic rings. The lowest BCUT2D eigenvalue weighted by atomic mass is 10.2. The summed E-state index contributed by atoms with van der Waals surface area (Å²) < 4.78 is 11.5. The molecule has 2 N–H and O–H groups in total. The van der Waals surface area contributed by atoms with Crippen LogP contribution in [0.3, 0.4) is 0 Å². The van der Waals surface area contributed by atoms with Gasteiger partial charge in [0.25, 0.3) is 5.91 Å². The fraction of sp³-hybridized carbons (Fsp3) is 0.111. The van der Waals surface area contributed by atoms with Crippen molar-refractivity contribution in [1.29, 1.82) is 0 Å². The molecule has 0 aliphatic carbocycles. The Balaban J connectivity index is 1.56. The number of ether oxygens (including phenoxy) is 2. The molecule has 0 unspecified atom stereocenters. The number of aromatic amines is 1. The number of nitrogens with one attached hydrogen (secondary N) is 2. The molecule has 0 spiro atoms. The molecule has 0 saturated heterocycles. The highest BCUT2D eigenvalue weighted by Gasteiger charge is 2.07. The quantitative estimate of drug-likeness (QED) is 0.490. The predicted molar refractivity (Wildman–Crippen MR) is 100 cm³/mol. The predicted octanol–water partition coefficient (Wildman–Crippen LogP) is 3.47. The number of H-pyrrole nitrogens is 1. The lowest BCUT2D eigenvalue weighted by molar-refractivity contribution is -0.123. The first-order valence-corrected chi connectivity index (χ1v) is 8.31. The van der Waals surface area contributed by atoms with Crippen LogP contribution in [-0.2, 0) is 4.79 Å². The summed E-state index contributed by atoms with van der Waals surface area (Å²) in [5.41, 5.74) is 4.36. The second-order valence-electron chi connectivity index (χ2n) is 5.17. The minimum absolute atomic E-state index is 0.163. The first-order valence-electron chi connectivity index (χ1n) is 7.52. The Hall–Kier alpha value is -2.80. The Bertz CT molecular complexity index is 921. The largest absolute Gasteiger partial charge is 0.493 e. The van der Waals surface area contributed by atoms with Gasteiger partial charge in [0.1, 0.15) is 0 Å². The maximum Gasteiger partial charge on any atom is 0.277 e. The van der Waals surface area contributed by atoms with Crippen molar-refractivity contribution in [2.45, 2.75) is 0 Å². The van der Waals surface area contributed by atoms with Crippen LogP contribution in [0.5, 0.6) is 11.5 Å². The Morgan fingerprint density at radius 2 is 2.12 bits per heavy atom. The van der Waals surface area contributed by atoms with Crippen LogP contribution < -0.4 is 14.9 Å². The number of carbonyl (C=O) groups is 1. The number of benzene rings is 2. The van der Waals surface area contributed by atoms with Crippen molar-refractivity contribution in [2.75, 3.05) is 13.7 Å². The molecule has 0 radical (unpaired) electrons. The number of hydrogen-bond acceptors (Lipinski definition) is 4. The molecule has 0 bridgehead atoms. The summed E-state index contributed by atoms with van der Waals surface area (Å²) in [6.07, 6.45) is 3.43. The molecule has 3 rings (SSSR count). The molecule has 2 aromatic carbocycles. The van der Waals surface area contributed by atoms with Crippen LogP contribution in [0, 0.1) is 0 Å². The standard InChI is InChI=1S/C18H16BrN3O3/c1-24-17-8-13(19)6-7-16(17)25-11-18(23)22-21-10-12-9-20-15-5-3-2-4-14(12)15/h2-10,20H,11H2,1H3,(H,22,23). The van der Waals surface area contributed by atoms with E-state index in [1.165, 1.54) is 0 Å². The first kappa shape index (κ1) is 17.0. The Morgan fingerprint density at radius 1 is 1.28 bits per heavy atom. The molecule has 0 saturated carbocycles. The minimum atomic E-state index is -0.360. The van der Waals surface area contributed by atoms with Crippen molar-refractivity contribution in [3.8, 4) is 11.5 Å². The van der Waals surface area contributed by atoms with Gasteiger partial charge in [0.15, 0.2) is 18.1 Å². The van der Waals surface area contributed by atoms with Gasteiger partial charge in [-0.15, -0.1) is 0 Å². The number of para-hydroxylation sites is 1. The van der Waals surface area contributed by atoms with Gasteiger partial charge >= 0.3 is 0 Å². The summed E-state index contributed by atoms with van der Waals surface area (Å²) >= 11 is 3.35. The summed E-state index contributed by atoms with van der Waals surface area (Å²) in [6, 6.07) is 13.2. The van der Waals surface area contributed by atoms with Gasteiger partial charge in [-0.2, -0.15) is 5.10 Å². The van der Waals surface area contributed by atoms with Crippen LogP contribution in [0.4, 0.5) is 0 Å². The van der Waals surface area contributed by atoms with E-state index in [1.807, 2.05) is 36.5 Å². The van der Waals surface area contributed by atoms with Crippen LogP contribution in [-0.4, -0.2) is 30.8 Å². The van der Waals surface area contributed by atoms with E-state index in [4.69, 9.17) is 9.47 Å². The van der Waals surface area contributed by atoms with Crippen LogP contribution in [0.15, 0.2) is 58.2 Å². The summed E-state index contributed by atoms with van der Waals surface area (Å²) in [4.78, 5) is 15.0. The molecule has 1 amide bonds. The first-order chi connectivity index (χ1) is 12.2. The number of rotatable bonds is 6. The minimum Gasteiger partial charge on any atom is -0.493 e. The SMILES string of the molecule is COc1cc(Br)ccc1OCC(=O)NN=Cc1c[nH]c2ccccc12. The zero-order valence-corrected chi connectivity index (χ0v) is 15.0. The second-order valence-corrected chi connectivity index (χ2v) is 6.08. The topological polar surface area (TPSA) is 75.7 Å². The smallest absolute Gasteiger partial charge is 0.277 e. The number of halogens is 1. The fourth-order valence-electron chi connectivity index (χ4n) is 2.31. The van der Waals surface area contributed by atoms with Crippen molar-refractivity contribution in [2.24, 2.45) is 5.10 Å². The monoisotopic (exact) mass is 401 g/mol. The number of amides is 1. The number of hydrogen-bond donors (Lipinski definition) is 2. The van der Waals surface area contributed by atoms with Gasteiger partial charge in [-0.3, -0.25) is 4.79 Å². The molecule has 7 heteroatoms. The molecule has 0 atom stereocenters. The molecule has 0 fully saturated rings. The number of aromatic nitrogens is 1. The van der Waals surface area contributed by atoms with E-state index in [-0.39, 0.29) is 12.5 Å². The highest BCUT2D eigenvalue weighted by Crippen LogP contribution is 2.30. The Kier molecular flexibility index (Phi) is 5.35.